The lowest BCUT2D eigenvalue weighted by atomic mass is 9.82. The van der Waals surface area contributed by atoms with E-state index in [1.807, 2.05) is 31.2 Å². The third kappa shape index (κ3) is 3.37. The molecule has 0 spiro atoms. The summed E-state index contributed by atoms with van der Waals surface area (Å²) >= 11 is 15.4. The van der Waals surface area contributed by atoms with E-state index in [-0.39, 0.29) is 18.2 Å². The smallest absolute Gasteiger partial charge is 0.240 e. The topological polar surface area (TPSA) is 37.4 Å². The van der Waals surface area contributed by atoms with Gasteiger partial charge in [-0.25, -0.2) is 4.90 Å². The molecule has 1 unspecified atom stereocenters. The number of carbonyl (C=O) groups excluding carboxylic acids is 2. The standard InChI is InChI=1S/C18H14BrCl2NO2/c1-18(9-11-2-4-12(19)5-3-11)10-16(23)22(17(18)24)15-7-13(20)6-14(21)8-15/h2-8H,9-10H2,1H3. The molecule has 2 amide bonds. The molecule has 1 atom stereocenters. The maximum Gasteiger partial charge on any atom is 0.240 e. The number of rotatable bonds is 3. The van der Waals surface area contributed by atoms with Crippen molar-refractivity contribution in [2.75, 3.05) is 4.90 Å². The highest BCUT2D eigenvalue weighted by atomic mass is 79.9. The van der Waals surface area contributed by atoms with Gasteiger partial charge in [0.15, 0.2) is 0 Å². The van der Waals surface area contributed by atoms with Crippen molar-refractivity contribution in [3.8, 4) is 0 Å². The Morgan fingerprint density at radius 2 is 1.67 bits per heavy atom. The zero-order valence-electron chi connectivity index (χ0n) is 12.9. The largest absolute Gasteiger partial charge is 0.274 e. The first-order valence-electron chi connectivity index (χ1n) is 7.36. The second-order valence-electron chi connectivity index (χ2n) is 6.20. The van der Waals surface area contributed by atoms with Crippen molar-refractivity contribution in [2.45, 2.75) is 19.8 Å². The first kappa shape index (κ1) is 17.5. The fraction of sp³-hybridized carbons (Fsp3) is 0.222. The summed E-state index contributed by atoms with van der Waals surface area (Å²) in [6, 6.07) is 12.5. The number of halogens is 3. The van der Waals surface area contributed by atoms with Crippen molar-refractivity contribution in [1.29, 1.82) is 0 Å². The van der Waals surface area contributed by atoms with Gasteiger partial charge < -0.3 is 0 Å². The van der Waals surface area contributed by atoms with Gasteiger partial charge in [-0.1, -0.05) is 51.3 Å². The van der Waals surface area contributed by atoms with Crippen molar-refractivity contribution >= 4 is 56.6 Å². The Balaban J connectivity index is 1.91. The first-order chi connectivity index (χ1) is 11.3. The molecule has 0 N–H and O–H groups in total. The van der Waals surface area contributed by atoms with Gasteiger partial charge >= 0.3 is 0 Å². The molecule has 3 rings (SSSR count). The fourth-order valence-corrected chi connectivity index (χ4v) is 3.77. The van der Waals surface area contributed by atoms with Gasteiger partial charge in [0, 0.05) is 20.9 Å². The van der Waals surface area contributed by atoms with E-state index >= 15 is 0 Å². The highest BCUT2D eigenvalue weighted by Crippen LogP contribution is 2.39. The molecule has 1 aliphatic rings. The van der Waals surface area contributed by atoms with Crippen molar-refractivity contribution < 1.29 is 9.59 Å². The van der Waals surface area contributed by atoms with Gasteiger partial charge in [-0.15, -0.1) is 0 Å². The number of nitrogens with zero attached hydrogens (tertiary/aromatic N) is 1. The molecule has 24 heavy (non-hydrogen) atoms. The molecule has 1 saturated heterocycles. The quantitative estimate of drug-likeness (QED) is 0.627. The number of carbonyl (C=O) groups is 2. The van der Waals surface area contributed by atoms with Gasteiger partial charge in [0.25, 0.3) is 0 Å². The van der Waals surface area contributed by atoms with Crippen LogP contribution in [0.2, 0.25) is 10.0 Å². The van der Waals surface area contributed by atoms with Crippen LogP contribution in [0.4, 0.5) is 5.69 Å². The van der Waals surface area contributed by atoms with Crippen molar-refractivity contribution in [1.82, 2.24) is 0 Å². The summed E-state index contributed by atoms with van der Waals surface area (Å²) in [6.45, 7) is 1.82. The number of hydrogen-bond acceptors (Lipinski definition) is 2. The molecule has 0 aromatic heterocycles. The Labute approximate surface area is 158 Å². The van der Waals surface area contributed by atoms with Gasteiger partial charge in [0.1, 0.15) is 0 Å². The van der Waals surface area contributed by atoms with Crippen LogP contribution in [0.3, 0.4) is 0 Å². The second-order valence-corrected chi connectivity index (χ2v) is 7.99. The van der Waals surface area contributed by atoms with Crippen LogP contribution in [0.1, 0.15) is 18.9 Å². The number of imide groups is 1. The summed E-state index contributed by atoms with van der Waals surface area (Å²) in [7, 11) is 0. The molecule has 2 aromatic rings. The Kier molecular flexibility index (Phi) is 4.73. The number of amides is 2. The van der Waals surface area contributed by atoms with Gasteiger partial charge in [0.2, 0.25) is 11.8 Å². The second kappa shape index (κ2) is 6.51. The van der Waals surface area contributed by atoms with Crippen molar-refractivity contribution in [2.24, 2.45) is 5.41 Å². The molecule has 1 heterocycles. The summed E-state index contributed by atoms with van der Waals surface area (Å²) in [4.78, 5) is 26.6. The number of hydrogen-bond donors (Lipinski definition) is 0. The first-order valence-corrected chi connectivity index (χ1v) is 8.91. The predicted octanol–water partition coefficient (Wildman–Crippen LogP) is 5.27. The summed E-state index contributed by atoms with van der Waals surface area (Å²) in [5, 5.41) is 0.777. The maximum atomic E-state index is 12.9. The van der Waals surface area contributed by atoms with E-state index in [1.165, 1.54) is 4.90 Å². The maximum absolute atomic E-state index is 12.9. The SMILES string of the molecule is CC1(Cc2ccc(Br)cc2)CC(=O)N(c2cc(Cl)cc(Cl)c2)C1=O. The van der Waals surface area contributed by atoms with Crippen LogP contribution in [0.5, 0.6) is 0 Å². The summed E-state index contributed by atoms with van der Waals surface area (Å²) in [5.41, 5.74) is 0.648. The van der Waals surface area contributed by atoms with Crippen LogP contribution in [-0.4, -0.2) is 11.8 Å². The molecule has 6 heteroatoms. The minimum absolute atomic E-state index is 0.159. The van der Waals surface area contributed by atoms with Crippen LogP contribution in [0.15, 0.2) is 46.9 Å². The van der Waals surface area contributed by atoms with Crippen molar-refractivity contribution in [3.63, 3.8) is 0 Å². The Morgan fingerprint density at radius 1 is 1.08 bits per heavy atom. The third-order valence-corrected chi connectivity index (χ3v) is 5.09. The molecular formula is C18H14BrCl2NO2. The van der Waals surface area contributed by atoms with E-state index < -0.39 is 5.41 Å². The molecule has 2 aromatic carbocycles. The zero-order chi connectivity index (χ0) is 17.5. The molecule has 0 saturated carbocycles. The van der Waals surface area contributed by atoms with Crippen LogP contribution < -0.4 is 4.90 Å². The van der Waals surface area contributed by atoms with Gasteiger partial charge in [0.05, 0.1) is 11.1 Å². The molecule has 124 valence electrons. The van der Waals surface area contributed by atoms with Crippen LogP contribution in [-0.2, 0) is 16.0 Å². The number of anilines is 1. The third-order valence-electron chi connectivity index (χ3n) is 4.12. The summed E-state index contributed by atoms with van der Waals surface area (Å²) in [5.74, 6) is -0.466. The molecule has 0 bridgehead atoms. The van der Waals surface area contributed by atoms with E-state index in [1.54, 1.807) is 18.2 Å². The molecule has 3 nitrogen and oxygen atoms in total. The summed E-state index contributed by atoms with van der Waals surface area (Å²) in [6.07, 6.45) is 0.654. The average Bonchev–Trinajstić information content (AvgIpc) is 2.70. The normalized spacial score (nSPS) is 20.8. The minimum Gasteiger partial charge on any atom is -0.274 e. The monoisotopic (exact) mass is 425 g/mol. The van der Waals surface area contributed by atoms with E-state index in [9.17, 15) is 9.59 Å². The van der Waals surface area contributed by atoms with E-state index in [0.717, 1.165) is 10.0 Å². The van der Waals surface area contributed by atoms with Crippen LogP contribution in [0, 0.1) is 5.41 Å². The highest BCUT2D eigenvalue weighted by molar-refractivity contribution is 9.10. The lowest BCUT2D eigenvalue weighted by molar-refractivity contribution is -0.125. The Bertz CT molecular complexity index is 802. The number of benzene rings is 2. The molecule has 0 aliphatic carbocycles. The molecule has 1 fully saturated rings. The predicted molar refractivity (Wildman–Crippen MR) is 99.5 cm³/mol. The molecular weight excluding hydrogens is 413 g/mol. The zero-order valence-corrected chi connectivity index (χ0v) is 16.0. The van der Waals surface area contributed by atoms with Crippen LogP contribution in [0.25, 0.3) is 0 Å². The Hall–Kier alpha value is -1.36. The lowest BCUT2D eigenvalue weighted by Crippen LogP contribution is -2.35. The van der Waals surface area contributed by atoms with Gasteiger partial charge in [-0.2, -0.15) is 0 Å². The fourth-order valence-electron chi connectivity index (χ4n) is 2.99. The van der Waals surface area contributed by atoms with E-state index in [2.05, 4.69) is 15.9 Å². The van der Waals surface area contributed by atoms with Gasteiger partial charge in [-0.3, -0.25) is 9.59 Å². The van der Waals surface area contributed by atoms with Crippen LogP contribution >= 0.6 is 39.1 Å². The average molecular weight is 427 g/mol. The Morgan fingerprint density at radius 3 is 2.25 bits per heavy atom. The summed E-state index contributed by atoms with van der Waals surface area (Å²) < 4.78 is 0.973. The van der Waals surface area contributed by atoms with Crippen molar-refractivity contribution in [3.05, 3.63) is 62.5 Å². The highest BCUT2D eigenvalue weighted by Gasteiger charge is 2.48. The van der Waals surface area contributed by atoms with E-state index in [4.69, 9.17) is 23.2 Å². The molecule has 1 aliphatic heterocycles. The molecule has 0 radical (unpaired) electrons. The van der Waals surface area contributed by atoms with Gasteiger partial charge in [-0.05, 0) is 49.2 Å². The lowest BCUT2D eigenvalue weighted by Gasteiger charge is -2.22. The minimum atomic E-state index is -0.778. The van der Waals surface area contributed by atoms with E-state index in [0.29, 0.717) is 22.2 Å².